The first-order chi connectivity index (χ1) is 10.1. The van der Waals surface area contributed by atoms with Crippen molar-refractivity contribution in [3.05, 3.63) is 44.1 Å². The topological polar surface area (TPSA) is 39.1 Å². The summed E-state index contributed by atoms with van der Waals surface area (Å²) in [5.41, 5.74) is 4.35. The van der Waals surface area contributed by atoms with Gasteiger partial charge in [0.2, 0.25) is 0 Å². The van der Waals surface area contributed by atoms with Crippen LogP contribution in [0.15, 0.2) is 27.1 Å². The first-order valence-electron chi connectivity index (χ1n) is 6.80. The zero-order valence-electron chi connectivity index (χ0n) is 12.4. The highest BCUT2D eigenvalue weighted by Gasteiger charge is 2.13. The summed E-state index contributed by atoms with van der Waals surface area (Å²) in [6.07, 6.45) is 0. The van der Waals surface area contributed by atoms with E-state index in [1.54, 1.807) is 7.11 Å². The molecule has 2 rings (SSSR count). The van der Waals surface area contributed by atoms with Gasteiger partial charge in [0.05, 0.1) is 29.0 Å². The predicted octanol–water partition coefficient (Wildman–Crippen LogP) is 4.49. The van der Waals surface area contributed by atoms with E-state index in [1.807, 2.05) is 23.7 Å². The molecule has 114 valence electrons. The average Bonchev–Trinajstić information content (AvgIpc) is 2.75. The Morgan fingerprint density at radius 2 is 2.10 bits per heavy atom. The van der Waals surface area contributed by atoms with Crippen molar-refractivity contribution >= 4 is 37.5 Å². The normalized spacial score (nSPS) is 10.9. The van der Waals surface area contributed by atoms with Gasteiger partial charge >= 0.3 is 0 Å². The van der Waals surface area contributed by atoms with E-state index in [-0.39, 0.29) is 0 Å². The Morgan fingerprint density at radius 3 is 2.76 bits per heavy atom. The third-order valence-electron chi connectivity index (χ3n) is 3.31. The van der Waals surface area contributed by atoms with E-state index in [0.717, 1.165) is 38.1 Å². The monoisotopic (exact) mass is 415 g/mol. The lowest BCUT2D eigenvalue weighted by Crippen LogP contribution is -2.10. The number of anilines is 1. The second-order valence-corrected chi connectivity index (χ2v) is 6.36. The zero-order chi connectivity index (χ0) is 15.4. The Kier molecular flexibility index (Phi) is 5.84. The van der Waals surface area contributed by atoms with Gasteiger partial charge in [-0.05, 0) is 41.9 Å². The molecule has 21 heavy (non-hydrogen) atoms. The molecule has 0 bridgehead atoms. The van der Waals surface area contributed by atoms with Crippen molar-refractivity contribution in [2.75, 3.05) is 12.4 Å². The molecular weight excluding hydrogens is 398 g/mol. The third-order valence-corrected chi connectivity index (χ3v) is 5.08. The van der Waals surface area contributed by atoms with Gasteiger partial charge in [-0.15, -0.1) is 0 Å². The Bertz CT molecular complexity index is 626. The summed E-state index contributed by atoms with van der Waals surface area (Å²) in [7, 11) is 1.70. The van der Waals surface area contributed by atoms with Crippen molar-refractivity contribution in [3.8, 4) is 0 Å². The lowest BCUT2D eigenvalue weighted by molar-refractivity contribution is 0.185. The quantitative estimate of drug-likeness (QED) is 0.753. The van der Waals surface area contributed by atoms with E-state index in [4.69, 9.17) is 4.74 Å². The summed E-state index contributed by atoms with van der Waals surface area (Å²) in [5.74, 6) is 0. The van der Waals surface area contributed by atoms with Gasteiger partial charge in [-0.2, -0.15) is 5.10 Å². The highest BCUT2D eigenvalue weighted by molar-refractivity contribution is 9.10. The fraction of sp³-hybridized carbons (Fsp3) is 0.400. The second-order valence-electron chi connectivity index (χ2n) is 4.71. The van der Waals surface area contributed by atoms with Crippen LogP contribution < -0.4 is 5.32 Å². The molecule has 0 radical (unpaired) electrons. The molecule has 0 saturated heterocycles. The number of nitrogens with zero attached hydrogens (tertiary/aromatic N) is 2. The van der Waals surface area contributed by atoms with Gasteiger partial charge in [0.1, 0.15) is 0 Å². The predicted molar refractivity (Wildman–Crippen MR) is 92.5 cm³/mol. The standard InChI is InChI=1S/C15H19Br2N3O/c1-4-20-14(15(17)10(2)19-20)8-18-13-7-5-6-12(16)11(13)9-21-3/h5-7,18H,4,8-9H2,1-3H3. The molecule has 0 fully saturated rings. The number of aromatic nitrogens is 2. The summed E-state index contributed by atoms with van der Waals surface area (Å²) in [5, 5.41) is 8.00. The van der Waals surface area contributed by atoms with Gasteiger partial charge < -0.3 is 10.1 Å². The number of benzene rings is 1. The summed E-state index contributed by atoms with van der Waals surface area (Å²) in [4.78, 5) is 0. The summed E-state index contributed by atoms with van der Waals surface area (Å²) >= 11 is 7.20. The maximum atomic E-state index is 5.28. The maximum absolute atomic E-state index is 5.28. The number of hydrogen-bond donors (Lipinski definition) is 1. The van der Waals surface area contributed by atoms with E-state index in [9.17, 15) is 0 Å². The van der Waals surface area contributed by atoms with Crippen molar-refractivity contribution in [1.29, 1.82) is 0 Å². The fourth-order valence-corrected chi connectivity index (χ4v) is 3.14. The van der Waals surface area contributed by atoms with Crippen LogP contribution in [0.5, 0.6) is 0 Å². The van der Waals surface area contributed by atoms with Crippen LogP contribution in [-0.2, 0) is 24.4 Å². The van der Waals surface area contributed by atoms with E-state index in [2.05, 4.69) is 55.3 Å². The van der Waals surface area contributed by atoms with Gasteiger partial charge in [0.25, 0.3) is 0 Å². The van der Waals surface area contributed by atoms with Gasteiger partial charge in [0.15, 0.2) is 0 Å². The molecule has 0 spiro atoms. The molecule has 4 nitrogen and oxygen atoms in total. The SMILES string of the molecule is CCn1nc(C)c(Br)c1CNc1cccc(Br)c1COC. The maximum Gasteiger partial charge on any atom is 0.0744 e. The zero-order valence-corrected chi connectivity index (χ0v) is 15.6. The molecule has 0 unspecified atom stereocenters. The molecule has 0 amide bonds. The lowest BCUT2D eigenvalue weighted by Gasteiger charge is -2.14. The van der Waals surface area contributed by atoms with E-state index < -0.39 is 0 Å². The molecule has 0 atom stereocenters. The van der Waals surface area contributed by atoms with Crippen molar-refractivity contribution < 1.29 is 4.74 Å². The Labute approximate surface area is 142 Å². The number of rotatable bonds is 6. The number of aryl methyl sites for hydroxylation is 2. The molecule has 0 aliphatic rings. The number of methoxy groups -OCH3 is 1. The number of hydrogen-bond acceptors (Lipinski definition) is 3. The number of ether oxygens (including phenoxy) is 1. The van der Waals surface area contributed by atoms with Crippen LogP contribution >= 0.6 is 31.9 Å². The van der Waals surface area contributed by atoms with Crippen LogP contribution in [0.3, 0.4) is 0 Å². The van der Waals surface area contributed by atoms with Crippen LogP contribution in [0.1, 0.15) is 23.9 Å². The Balaban J connectivity index is 2.23. The lowest BCUT2D eigenvalue weighted by atomic mass is 10.2. The summed E-state index contributed by atoms with van der Waals surface area (Å²) < 4.78 is 9.41. The first kappa shape index (κ1) is 16.5. The Hall–Kier alpha value is -0.850. The molecule has 0 aliphatic heterocycles. The number of halogens is 2. The second kappa shape index (κ2) is 7.42. The van der Waals surface area contributed by atoms with Gasteiger partial charge in [-0.1, -0.05) is 22.0 Å². The van der Waals surface area contributed by atoms with Crippen LogP contribution in [0.25, 0.3) is 0 Å². The first-order valence-corrected chi connectivity index (χ1v) is 8.39. The summed E-state index contributed by atoms with van der Waals surface area (Å²) in [6.45, 7) is 6.24. The van der Waals surface area contributed by atoms with Crippen molar-refractivity contribution in [1.82, 2.24) is 9.78 Å². The van der Waals surface area contributed by atoms with Crippen molar-refractivity contribution in [2.24, 2.45) is 0 Å². The van der Waals surface area contributed by atoms with Gasteiger partial charge in [0, 0.05) is 29.4 Å². The molecule has 1 N–H and O–H groups in total. The van der Waals surface area contributed by atoms with Crippen molar-refractivity contribution in [3.63, 3.8) is 0 Å². The molecule has 1 heterocycles. The summed E-state index contributed by atoms with van der Waals surface area (Å²) in [6, 6.07) is 6.10. The Morgan fingerprint density at radius 1 is 1.33 bits per heavy atom. The molecule has 2 aromatic rings. The molecular formula is C15H19Br2N3O. The smallest absolute Gasteiger partial charge is 0.0744 e. The van der Waals surface area contributed by atoms with Crippen molar-refractivity contribution in [2.45, 2.75) is 33.5 Å². The minimum atomic E-state index is 0.566. The molecule has 1 aromatic carbocycles. The van der Waals surface area contributed by atoms with Crippen LogP contribution in [0, 0.1) is 6.92 Å². The molecule has 1 aromatic heterocycles. The van der Waals surface area contributed by atoms with Crippen LogP contribution in [0.2, 0.25) is 0 Å². The third kappa shape index (κ3) is 3.67. The highest BCUT2D eigenvalue weighted by atomic mass is 79.9. The van der Waals surface area contributed by atoms with Gasteiger partial charge in [-0.25, -0.2) is 0 Å². The van der Waals surface area contributed by atoms with E-state index >= 15 is 0 Å². The van der Waals surface area contributed by atoms with E-state index in [0.29, 0.717) is 13.2 Å². The fourth-order valence-electron chi connectivity index (χ4n) is 2.23. The highest BCUT2D eigenvalue weighted by Crippen LogP contribution is 2.27. The average molecular weight is 417 g/mol. The molecule has 0 saturated carbocycles. The largest absolute Gasteiger partial charge is 0.380 e. The minimum Gasteiger partial charge on any atom is -0.380 e. The number of nitrogens with one attached hydrogen (secondary N) is 1. The molecule has 0 aliphatic carbocycles. The molecule has 6 heteroatoms. The minimum absolute atomic E-state index is 0.566. The van der Waals surface area contributed by atoms with Gasteiger partial charge in [-0.3, -0.25) is 4.68 Å². The van der Waals surface area contributed by atoms with Crippen LogP contribution in [-0.4, -0.2) is 16.9 Å². The van der Waals surface area contributed by atoms with Crippen LogP contribution in [0.4, 0.5) is 5.69 Å². The van der Waals surface area contributed by atoms with E-state index in [1.165, 1.54) is 0 Å².